The molecule has 6 rings (SSSR count). The van der Waals surface area contributed by atoms with Crippen LogP contribution < -0.4 is 14.9 Å². The second-order valence-corrected chi connectivity index (χ2v) is 9.79. The van der Waals surface area contributed by atoms with Crippen molar-refractivity contribution < 1.29 is 14.0 Å². The number of piperidine rings is 1. The van der Waals surface area contributed by atoms with Gasteiger partial charge in [0.25, 0.3) is 0 Å². The van der Waals surface area contributed by atoms with Crippen molar-refractivity contribution in [2.24, 2.45) is 0 Å². The Morgan fingerprint density at radius 1 is 1.05 bits per heavy atom. The van der Waals surface area contributed by atoms with Gasteiger partial charge < -0.3 is 19.5 Å². The van der Waals surface area contributed by atoms with Gasteiger partial charge in [-0.15, -0.1) is 5.06 Å². The number of ether oxygens (including phenoxy) is 1. The van der Waals surface area contributed by atoms with E-state index in [1.54, 1.807) is 25.6 Å². The summed E-state index contributed by atoms with van der Waals surface area (Å²) in [5.74, 6) is 1.79. The van der Waals surface area contributed by atoms with E-state index >= 15 is 0 Å². The van der Waals surface area contributed by atoms with Gasteiger partial charge in [-0.3, -0.25) is 0 Å². The van der Waals surface area contributed by atoms with Gasteiger partial charge in [0, 0.05) is 54.1 Å². The fourth-order valence-corrected chi connectivity index (χ4v) is 5.13. The minimum absolute atomic E-state index is 0.224. The third-order valence-electron chi connectivity index (χ3n) is 7.14. The molecular weight excluding hydrogens is 481 g/mol. The lowest BCUT2D eigenvalue weighted by Gasteiger charge is -2.32. The second-order valence-electron chi connectivity index (χ2n) is 9.79. The lowest BCUT2D eigenvalue weighted by molar-refractivity contribution is -0.105. The van der Waals surface area contributed by atoms with Crippen molar-refractivity contribution in [2.75, 3.05) is 19.0 Å². The maximum Gasteiger partial charge on any atom is 0.164 e. The summed E-state index contributed by atoms with van der Waals surface area (Å²) in [6, 6.07) is 19.1. The predicted octanol–water partition coefficient (Wildman–Crippen LogP) is 6.69. The summed E-state index contributed by atoms with van der Waals surface area (Å²) in [6.45, 7) is 3.66. The molecule has 8 heteroatoms. The van der Waals surface area contributed by atoms with Gasteiger partial charge in [-0.05, 0) is 61.7 Å². The number of benzene rings is 3. The molecule has 1 aliphatic heterocycles. The molecule has 1 atom stereocenters. The lowest BCUT2D eigenvalue weighted by atomic mass is 10.1. The molecule has 7 nitrogen and oxygen atoms in total. The largest absolute Gasteiger partial charge is 0.497 e. The number of halogens is 1. The normalized spacial score (nSPS) is 16.1. The quantitative estimate of drug-likeness (QED) is 0.263. The minimum Gasteiger partial charge on any atom is -0.497 e. The monoisotopic (exact) mass is 511 g/mol. The SMILES string of the molecule is COc1cc(ON2CCCCC2C)c2c(Nc3ccc4c(ccn4Cc4cccc(F)c4)c3)ncnc2c1. The highest BCUT2D eigenvalue weighted by Gasteiger charge is 2.23. The zero-order chi connectivity index (χ0) is 26.1. The maximum atomic E-state index is 13.7. The summed E-state index contributed by atoms with van der Waals surface area (Å²) in [5, 5.41) is 7.40. The van der Waals surface area contributed by atoms with E-state index in [4.69, 9.17) is 9.57 Å². The lowest BCUT2D eigenvalue weighted by Crippen LogP contribution is -2.40. The molecule has 3 heterocycles. The zero-order valence-corrected chi connectivity index (χ0v) is 21.5. The van der Waals surface area contributed by atoms with Crippen LogP contribution >= 0.6 is 0 Å². The summed E-state index contributed by atoms with van der Waals surface area (Å²) in [4.78, 5) is 15.5. The molecule has 0 spiro atoms. The first-order chi connectivity index (χ1) is 18.6. The molecule has 1 aliphatic rings. The van der Waals surface area contributed by atoms with Gasteiger partial charge in [0.1, 0.15) is 23.7 Å². The molecule has 1 unspecified atom stereocenters. The van der Waals surface area contributed by atoms with Crippen molar-refractivity contribution in [3.63, 3.8) is 0 Å². The van der Waals surface area contributed by atoms with E-state index in [1.807, 2.05) is 35.5 Å². The minimum atomic E-state index is -0.224. The van der Waals surface area contributed by atoms with Crippen molar-refractivity contribution >= 4 is 33.3 Å². The summed E-state index contributed by atoms with van der Waals surface area (Å²) in [5.41, 5.74) is 3.63. The van der Waals surface area contributed by atoms with Crippen LogP contribution in [0.2, 0.25) is 0 Å². The number of methoxy groups -OCH3 is 1. The van der Waals surface area contributed by atoms with Crippen LogP contribution in [-0.2, 0) is 6.54 Å². The van der Waals surface area contributed by atoms with Crippen molar-refractivity contribution in [1.29, 1.82) is 0 Å². The van der Waals surface area contributed by atoms with E-state index in [0.717, 1.165) is 52.4 Å². The van der Waals surface area contributed by atoms with Gasteiger partial charge in [0.05, 0.1) is 18.0 Å². The molecule has 38 heavy (non-hydrogen) atoms. The maximum absolute atomic E-state index is 13.7. The standard InChI is InChI=1S/C30H30FN5O2/c1-20-6-3-4-12-36(20)38-28-17-25(37-2)16-26-29(28)30(33-19-32-26)34-24-9-10-27-22(15-24)11-13-35(27)18-21-7-5-8-23(31)14-21/h5,7-11,13-17,19-20H,3-4,6,12,18H2,1-2H3,(H,32,33,34). The van der Waals surface area contributed by atoms with E-state index in [0.29, 0.717) is 29.9 Å². The van der Waals surface area contributed by atoms with Gasteiger partial charge in [-0.2, -0.15) is 0 Å². The molecule has 0 bridgehead atoms. The molecule has 0 aliphatic carbocycles. The number of hydrogen-bond acceptors (Lipinski definition) is 6. The van der Waals surface area contributed by atoms with Gasteiger partial charge in [-0.1, -0.05) is 18.6 Å². The second kappa shape index (κ2) is 10.3. The summed E-state index contributed by atoms with van der Waals surface area (Å²) < 4.78 is 21.3. The number of rotatable bonds is 7. The zero-order valence-electron chi connectivity index (χ0n) is 21.5. The fraction of sp³-hybridized carbons (Fsp3) is 0.267. The highest BCUT2D eigenvalue weighted by molar-refractivity contribution is 5.97. The molecule has 2 aromatic heterocycles. The van der Waals surface area contributed by atoms with Crippen LogP contribution in [0.25, 0.3) is 21.8 Å². The van der Waals surface area contributed by atoms with Crippen molar-refractivity contribution in [3.8, 4) is 11.5 Å². The van der Waals surface area contributed by atoms with E-state index in [9.17, 15) is 4.39 Å². The Kier molecular flexibility index (Phi) is 6.55. The molecule has 1 N–H and O–H groups in total. The molecule has 5 aromatic rings. The molecule has 1 saturated heterocycles. The van der Waals surface area contributed by atoms with E-state index in [-0.39, 0.29) is 5.82 Å². The first-order valence-electron chi connectivity index (χ1n) is 12.9. The van der Waals surface area contributed by atoms with Crippen LogP contribution in [0.5, 0.6) is 11.5 Å². The van der Waals surface area contributed by atoms with Gasteiger partial charge in [0.15, 0.2) is 5.75 Å². The average Bonchev–Trinajstić information content (AvgIpc) is 3.31. The molecular formula is C30H30FN5O2. The topological polar surface area (TPSA) is 64.4 Å². The molecule has 3 aromatic carbocycles. The number of nitrogens with zero attached hydrogens (tertiary/aromatic N) is 4. The Bertz CT molecular complexity index is 1600. The first kappa shape index (κ1) is 24.2. The van der Waals surface area contributed by atoms with Gasteiger partial charge >= 0.3 is 0 Å². The van der Waals surface area contributed by atoms with E-state index < -0.39 is 0 Å². The average molecular weight is 512 g/mol. The highest BCUT2D eigenvalue weighted by atomic mass is 19.1. The Labute approximate surface area is 220 Å². The van der Waals surface area contributed by atoms with Crippen LogP contribution in [-0.4, -0.2) is 39.3 Å². The van der Waals surface area contributed by atoms with Crippen LogP contribution in [0.3, 0.4) is 0 Å². The molecule has 194 valence electrons. The Hall–Kier alpha value is -4.17. The van der Waals surface area contributed by atoms with Crippen molar-refractivity contribution in [3.05, 3.63) is 84.6 Å². The summed E-state index contributed by atoms with van der Waals surface area (Å²) in [7, 11) is 1.64. The Morgan fingerprint density at radius 2 is 1.97 bits per heavy atom. The van der Waals surface area contributed by atoms with E-state index in [1.165, 1.54) is 12.5 Å². The van der Waals surface area contributed by atoms with Gasteiger partial charge in [-0.25, -0.2) is 14.4 Å². The smallest absolute Gasteiger partial charge is 0.164 e. The Morgan fingerprint density at radius 3 is 2.82 bits per heavy atom. The molecule has 1 fully saturated rings. The Balaban J connectivity index is 1.32. The number of fused-ring (bicyclic) bond motifs is 2. The summed E-state index contributed by atoms with van der Waals surface area (Å²) in [6.07, 6.45) is 6.99. The molecule has 0 amide bonds. The molecule has 0 radical (unpaired) electrons. The van der Waals surface area contributed by atoms with Crippen molar-refractivity contribution in [2.45, 2.75) is 38.8 Å². The molecule has 0 saturated carbocycles. The highest BCUT2D eigenvalue weighted by Crippen LogP contribution is 2.37. The number of hydrogen-bond donors (Lipinski definition) is 1. The fourth-order valence-electron chi connectivity index (χ4n) is 5.13. The van der Waals surface area contributed by atoms with Crippen LogP contribution in [0.1, 0.15) is 31.7 Å². The van der Waals surface area contributed by atoms with Crippen molar-refractivity contribution in [1.82, 2.24) is 19.6 Å². The van der Waals surface area contributed by atoms with Crippen LogP contribution in [0.15, 0.2) is 73.2 Å². The van der Waals surface area contributed by atoms with Gasteiger partial charge in [0.2, 0.25) is 0 Å². The van der Waals surface area contributed by atoms with E-state index in [2.05, 4.69) is 45.0 Å². The first-order valence-corrected chi connectivity index (χ1v) is 12.9. The summed E-state index contributed by atoms with van der Waals surface area (Å²) >= 11 is 0. The van der Waals surface area contributed by atoms with Crippen LogP contribution in [0, 0.1) is 5.82 Å². The third kappa shape index (κ3) is 4.87. The third-order valence-corrected chi connectivity index (χ3v) is 7.14. The number of nitrogens with one attached hydrogen (secondary N) is 1. The van der Waals surface area contributed by atoms with Crippen LogP contribution in [0.4, 0.5) is 15.9 Å². The number of hydroxylamine groups is 2. The number of aromatic nitrogens is 3. The number of anilines is 2. The predicted molar refractivity (Wildman–Crippen MR) is 147 cm³/mol.